The zero-order valence-electron chi connectivity index (χ0n) is 11.7. The molecule has 0 heterocycles. The van der Waals surface area contributed by atoms with Gasteiger partial charge in [0.15, 0.2) is 0 Å². The first-order chi connectivity index (χ1) is 9.09. The number of hydrogen-bond donors (Lipinski definition) is 1. The van der Waals surface area contributed by atoms with E-state index in [0.29, 0.717) is 25.6 Å². The second kappa shape index (κ2) is 8.67. The average Bonchev–Trinajstić information content (AvgIpc) is 2.38. The van der Waals surface area contributed by atoms with E-state index in [1.54, 1.807) is 0 Å². The summed E-state index contributed by atoms with van der Waals surface area (Å²) in [4.78, 5) is 11.5. The van der Waals surface area contributed by atoms with Gasteiger partial charge in [-0.05, 0) is 17.9 Å². The topological polar surface area (TPSA) is 61.6 Å². The molecule has 19 heavy (non-hydrogen) atoms. The Hall–Kier alpha value is -1.39. The molecule has 0 aromatic heterocycles. The molecule has 4 nitrogen and oxygen atoms in total. The highest BCUT2D eigenvalue weighted by atomic mass is 16.6. The summed E-state index contributed by atoms with van der Waals surface area (Å²) in [6.45, 7) is 5.20. The maximum absolute atomic E-state index is 11.5. The van der Waals surface area contributed by atoms with Crippen LogP contribution < -0.4 is 5.73 Å². The van der Waals surface area contributed by atoms with Gasteiger partial charge in [-0.15, -0.1) is 0 Å². The Bertz CT molecular complexity index is 365. The van der Waals surface area contributed by atoms with Crippen LogP contribution in [0.5, 0.6) is 0 Å². The lowest BCUT2D eigenvalue weighted by Crippen LogP contribution is -2.34. The molecule has 4 heteroatoms. The fourth-order valence-electron chi connectivity index (χ4n) is 1.68. The summed E-state index contributed by atoms with van der Waals surface area (Å²) < 4.78 is 10.5. The molecule has 0 saturated carbocycles. The van der Waals surface area contributed by atoms with E-state index in [9.17, 15) is 4.79 Å². The van der Waals surface area contributed by atoms with Crippen molar-refractivity contribution in [2.75, 3.05) is 13.2 Å². The van der Waals surface area contributed by atoms with E-state index >= 15 is 0 Å². The highest BCUT2D eigenvalue weighted by molar-refractivity contribution is 5.75. The van der Waals surface area contributed by atoms with Crippen molar-refractivity contribution in [3.63, 3.8) is 0 Å². The highest BCUT2D eigenvalue weighted by Gasteiger charge is 2.15. The van der Waals surface area contributed by atoms with Crippen LogP contribution in [-0.4, -0.2) is 25.2 Å². The number of benzene rings is 1. The van der Waals surface area contributed by atoms with E-state index < -0.39 is 6.04 Å². The molecule has 1 aromatic carbocycles. The van der Waals surface area contributed by atoms with Gasteiger partial charge in [0.25, 0.3) is 0 Å². The number of esters is 1. The molecule has 1 rings (SSSR count). The number of nitrogens with two attached hydrogens (primary N) is 1. The molecule has 0 fully saturated rings. The minimum absolute atomic E-state index is 0.247. The van der Waals surface area contributed by atoms with Crippen LogP contribution in [0, 0.1) is 5.92 Å². The van der Waals surface area contributed by atoms with Gasteiger partial charge in [-0.1, -0.05) is 44.2 Å². The predicted octanol–water partition coefficient (Wildman–Crippen LogP) is 2.12. The number of carbonyl (C=O) groups excluding carboxylic acids is 1. The Morgan fingerprint density at radius 2 is 1.89 bits per heavy atom. The van der Waals surface area contributed by atoms with Crippen molar-refractivity contribution in [2.45, 2.75) is 32.9 Å². The van der Waals surface area contributed by atoms with Crippen LogP contribution in [0.3, 0.4) is 0 Å². The molecular weight excluding hydrogens is 242 g/mol. The number of ether oxygens (including phenoxy) is 2. The van der Waals surface area contributed by atoms with Crippen LogP contribution in [0.4, 0.5) is 0 Å². The Kier molecular flexibility index (Phi) is 7.15. The van der Waals surface area contributed by atoms with E-state index in [4.69, 9.17) is 15.2 Å². The van der Waals surface area contributed by atoms with E-state index in [1.165, 1.54) is 0 Å². The first-order valence-electron chi connectivity index (χ1n) is 6.63. The number of carbonyl (C=O) groups is 1. The molecule has 1 atom stereocenters. The summed E-state index contributed by atoms with van der Waals surface area (Å²) >= 11 is 0. The second-order valence-electron chi connectivity index (χ2n) is 4.94. The quantitative estimate of drug-likeness (QED) is 0.577. The zero-order valence-corrected chi connectivity index (χ0v) is 11.7. The van der Waals surface area contributed by atoms with E-state index in [1.807, 2.05) is 44.2 Å². The van der Waals surface area contributed by atoms with Gasteiger partial charge in [0.1, 0.15) is 12.6 Å². The fourth-order valence-corrected chi connectivity index (χ4v) is 1.68. The smallest absolute Gasteiger partial charge is 0.322 e. The number of hydrogen-bond acceptors (Lipinski definition) is 4. The Balaban J connectivity index is 2.09. The fraction of sp³-hybridized carbons (Fsp3) is 0.533. The third-order valence-corrected chi connectivity index (χ3v) is 2.61. The van der Waals surface area contributed by atoms with E-state index in [0.717, 1.165) is 5.56 Å². The normalized spacial score (nSPS) is 12.4. The molecule has 106 valence electrons. The maximum atomic E-state index is 11.5. The summed E-state index contributed by atoms with van der Waals surface area (Å²) in [5.41, 5.74) is 6.81. The molecule has 0 radical (unpaired) electrons. The van der Waals surface area contributed by atoms with Gasteiger partial charge in [-0.3, -0.25) is 4.79 Å². The summed E-state index contributed by atoms with van der Waals surface area (Å²) in [7, 11) is 0. The van der Waals surface area contributed by atoms with Crippen molar-refractivity contribution < 1.29 is 14.3 Å². The Morgan fingerprint density at radius 1 is 1.21 bits per heavy atom. The summed E-state index contributed by atoms with van der Waals surface area (Å²) in [5, 5.41) is 0. The minimum Gasteiger partial charge on any atom is -0.462 e. The molecule has 2 N–H and O–H groups in total. The average molecular weight is 265 g/mol. The lowest BCUT2D eigenvalue weighted by molar-refractivity contribution is -0.147. The van der Waals surface area contributed by atoms with Crippen LogP contribution in [0.2, 0.25) is 0 Å². The van der Waals surface area contributed by atoms with Crippen LogP contribution in [0.25, 0.3) is 0 Å². The monoisotopic (exact) mass is 265 g/mol. The Labute approximate surface area is 114 Å². The van der Waals surface area contributed by atoms with E-state index in [-0.39, 0.29) is 12.6 Å². The third kappa shape index (κ3) is 6.94. The summed E-state index contributed by atoms with van der Waals surface area (Å²) in [6.07, 6.45) is 0.643. The van der Waals surface area contributed by atoms with Gasteiger partial charge >= 0.3 is 5.97 Å². The minimum atomic E-state index is -0.533. The third-order valence-electron chi connectivity index (χ3n) is 2.61. The molecule has 0 spiro atoms. The molecule has 0 amide bonds. The van der Waals surface area contributed by atoms with Gasteiger partial charge < -0.3 is 15.2 Å². The van der Waals surface area contributed by atoms with Crippen molar-refractivity contribution in [3.05, 3.63) is 35.9 Å². The zero-order chi connectivity index (χ0) is 14.1. The molecule has 0 saturated heterocycles. The molecule has 1 aromatic rings. The van der Waals surface area contributed by atoms with Gasteiger partial charge in [0, 0.05) is 0 Å². The predicted molar refractivity (Wildman–Crippen MR) is 74.5 cm³/mol. The van der Waals surface area contributed by atoms with Crippen LogP contribution in [0.1, 0.15) is 25.8 Å². The summed E-state index contributed by atoms with van der Waals surface area (Å²) in [5.74, 6) is 0.0360. The lowest BCUT2D eigenvalue weighted by Gasteiger charge is -2.13. The maximum Gasteiger partial charge on any atom is 0.322 e. The van der Waals surface area contributed by atoms with Crippen molar-refractivity contribution in [3.8, 4) is 0 Å². The van der Waals surface area contributed by atoms with Gasteiger partial charge in [0.05, 0.1) is 13.2 Å². The molecule has 0 bridgehead atoms. The first-order valence-corrected chi connectivity index (χ1v) is 6.63. The van der Waals surface area contributed by atoms with Crippen molar-refractivity contribution >= 4 is 5.97 Å². The van der Waals surface area contributed by atoms with Gasteiger partial charge in [-0.2, -0.15) is 0 Å². The van der Waals surface area contributed by atoms with Crippen molar-refractivity contribution in [1.29, 1.82) is 0 Å². The Morgan fingerprint density at radius 3 is 2.53 bits per heavy atom. The largest absolute Gasteiger partial charge is 0.462 e. The first kappa shape index (κ1) is 15.7. The lowest BCUT2D eigenvalue weighted by atomic mass is 10.1. The SMILES string of the molecule is CC(C)C[C@H](N)C(=O)OCCOCc1ccccc1. The second-order valence-corrected chi connectivity index (χ2v) is 4.94. The molecule has 0 aliphatic rings. The van der Waals surface area contributed by atoms with Crippen LogP contribution >= 0.6 is 0 Å². The highest BCUT2D eigenvalue weighted by Crippen LogP contribution is 2.04. The van der Waals surface area contributed by atoms with Gasteiger partial charge in [0.2, 0.25) is 0 Å². The summed E-state index contributed by atoms with van der Waals surface area (Å²) in [6, 6.07) is 9.33. The molecule has 0 unspecified atom stereocenters. The molecule has 0 aliphatic heterocycles. The molecule has 0 aliphatic carbocycles. The van der Waals surface area contributed by atoms with Crippen LogP contribution in [0.15, 0.2) is 30.3 Å². The van der Waals surface area contributed by atoms with Crippen molar-refractivity contribution in [1.82, 2.24) is 0 Å². The molecular formula is C15H23NO3. The van der Waals surface area contributed by atoms with Crippen LogP contribution in [-0.2, 0) is 20.9 Å². The van der Waals surface area contributed by atoms with E-state index in [2.05, 4.69) is 0 Å². The standard InChI is InChI=1S/C15H23NO3/c1-12(2)10-14(16)15(17)19-9-8-18-11-13-6-4-3-5-7-13/h3-7,12,14H,8-11,16H2,1-2H3/t14-/m0/s1. The number of rotatable bonds is 8. The van der Waals surface area contributed by atoms with Gasteiger partial charge in [-0.25, -0.2) is 0 Å². The van der Waals surface area contributed by atoms with Crippen molar-refractivity contribution in [2.24, 2.45) is 11.7 Å².